The van der Waals surface area contributed by atoms with Gasteiger partial charge in [0.1, 0.15) is 0 Å². The normalized spacial score (nSPS) is 20.2. The number of rotatable bonds is 2. The summed E-state index contributed by atoms with van der Waals surface area (Å²) in [5, 5.41) is 1.93. The smallest absolute Gasteiger partial charge is 0.266 e. The van der Waals surface area contributed by atoms with E-state index in [9.17, 15) is 13.2 Å². The molecule has 1 heterocycles. The molecule has 5 heteroatoms. The molecule has 1 aromatic rings. The second kappa shape index (κ2) is 5.05. The molecular formula is C13H16F3NS. The van der Waals surface area contributed by atoms with Crippen LogP contribution in [0, 0.1) is 0 Å². The fourth-order valence-corrected chi connectivity index (χ4v) is 3.66. The number of alkyl halides is 3. The van der Waals surface area contributed by atoms with Gasteiger partial charge in [-0.2, -0.15) is 13.2 Å². The first-order chi connectivity index (χ1) is 8.39. The Morgan fingerprint density at radius 2 is 2.00 bits per heavy atom. The van der Waals surface area contributed by atoms with E-state index in [4.69, 9.17) is 0 Å². The minimum absolute atomic E-state index is 0.101. The molecule has 100 valence electrons. The van der Waals surface area contributed by atoms with Gasteiger partial charge in [0.05, 0.1) is 5.56 Å². The lowest BCUT2D eigenvalue weighted by Gasteiger charge is -2.17. The average Bonchev–Trinajstić information content (AvgIpc) is 2.80. The molecule has 0 fully saturated rings. The summed E-state index contributed by atoms with van der Waals surface area (Å²) in [5.74, 6) is 0.101. The number of hydrogen-bond acceptors (Lipinski definition) is 1. The zero-order valence-corrected chi connectivity index (χ0v) is 11.2. The van der Waals surface area contributed by atoms with E-state index in [1.165, 1.54) is 6.07 Å². The van der Waals surface area contributed by atoms with Crippen molar-refractivity contribution >= 4 is 16.0 Å². The molecule has 1 atom stereocenters. The zero-order valence-electron chi connectivity index (χ0n) is 10.3. The van der Waals surface area contributed by atoms with Crippen LogP contribution in [0.5, 0.6) is 0 Å². The Morgan fingerprint density at radius 3 is 2.50 bits per heavy atom. The molecule has 1 N–H and O–H groups in total. The van der Waals surface area contributed by atoms with E-state index in [1.54, 1.807) is 12.1 Å². The molecule has 18 heavy (non-hydrogen) atoms. The highest BCUT2D eigenvalue weighted by molar-refractivity contribution is 8.13. The molecule has 0 spiro atoms. The monoisotopic (exact) mass is 275 g/mol. The molecule has 0 bridgehead atoms. The van der Waals surface area contributed by atoms with Crippen LogP contribution < -0.4 is 4.72 Å². The van der Waals surface area contributed by atoms with Gasteiger partial charge in [0.15, 0.2) is 0 Å². The van der Waals surface area contributed by atoms with E-state index in [2.05, 4.69) is 4.72 Å². The van der Waals surface area contributed by atoms with Crippen molar-refractivity contribution < 1.29 is 13.2 Å². The van der Waals surface area contributed by atoms with Gasteiger partial charge < -0.3 is 0 Å². The fraction of sp³-hybridized carbons (Fsp3) is 0.462. The Hall–Kier alpha value is -0.810. The summed E-state index contributed by atoms with van der Waals surface area (Å²) in [5.41, 5.74) is 0.233. The third kappa shape index (κ3) is 2.78. The van der Waals surface area contributed by atoms with Crippen molar-refractivity contribution in [1.82, 2.24) is 4.72 Å². The Labute approximate surface area is 107 Å². The maximum atomic E-state index is 13.1. The lowest BCUT2D eigenvalue weighted by atomic mass is 10.0. The van der Waals surface area contributed by atoms with E-state index in [-0.39, 0.29) is 5.92 Å². The van der Waals surface area contributed by atoms with Crippen molar-refractivity contribution in [3.05, 3.63) is 29.3 Å². The van der Waals surface area contributed by atoms with Gasteiger partial charge in [-0.3, -0.25) is 4.72 Å². The third-order valence-electron chi connectivity index (χ3n) is 2.90. The van der Waals surface area contributed by atoms with Gasteiger partial charge in [0.25, 0.3) is 0 Å². The molecule has 1 aromatic carbocycles. The van der Waals surface area contributed by atoms with E-state index in [0.29, 0.717) is 4.90 Å². The Balaban J connectivity index is 2.52. The van der Waals surface area contributed by atoms with Gasteiger partial charge in [-0.1, -0.05) is 30.6 Å². The maximum absolute atomic E-state index is 13.1. The van der Waals surface area contributed by atoms with Crippen LogP contribution in [0.3, 0.4) is 0 Å². The second-order valence-electron chi connectivity index (χ2n) is 4.60. The highest BCUT2D eigenvalue weighted by atomic mass is 32.2. The molecule has 1 aliphatic heterocycles. The zero-order chi connectivity index (χ0) is 13.3. The molecular weight excluding hydrogens is 259 g/mol. The molecule has 0 amide bonds. The first-order valence-electron chi connectivity index (χ1n) is 5.90. The molecule has 1 unspecified atom stereocenters. The van der Waals surface area contributed by atoms with Crippen LogP contribution in [-0.4, -0.2) is 11.9 Å². The summed E-state index contributed by atoms with van der Waals surface area (Å²) in [4.78, 5) is 0.365. The minimum Gasteiger partial charge on any atom is -0.266 e. The molecule has 0 saturated carbocycles. The summed E-state index contributed by atoms with van der Waals surface area (Å²) in [6.07, 6.45) is -3.46. The van der Waals surface area contributed by atoms with E-state index in [0.717, 1.165) is 18.5 Å². The highest BCUT2D eigenvalue weighted by Crippen LogP contribution is 2.40. The van der Waals surface area contributed by atoms with Crippen LogP contribution in [0.4, 0.5) is 13.2 Å². The topological polar surface area (TPSA) is 12.0 Å². The van der Waals surface area contributed by atoms with E-state index >= 15 is 0 Å². The molecule has 0 radical (unpaired) electrons. The van der Waals surface area contributed by atoms with Crippen molar-refractivity contribution in [2.45, 2.75) is 37.3 Å². The van der Waals surface area contributed by atoms with E-state index in [1.807, 2.05) is 19.2 Å². The van der Waals surface area contributed by atoms with Crippen LogP contribution in [0.15, 0.2) is 23.1 Å². The molecule has 0 aromatic heterocycles. The molecule has 0 saturated heterocycles. The third-order valence-corrected chi connectivity index (χ3v) is 4.81. The van der Waals surface area contributed by atoms with E-state index < -0.39 is 22.4 Å². The van der Waals surface area contributed by atoms with Crippen molar-refractivity contribution in [2.75, 3.05) is 6.54 Å². The SMILES string of the molecule is CC(C)c1ccc(S2=CCCN2)c(C(F)(F)F)c1. The largest absolute Gasteiger partial charge is 0.417 e. The Bertz CT molecular complexity index is 478. The fourth-order valence-electron chi connectivity index (χ4n) is 1.89. The lowest BCUT2D eigenvalue weighted by molar-refractivity contribution is -0.139. The molecule has 1 nitrogen and oxygen atoms in total. The van der Waals surface area contributed by atoms with Gasteiger partial charge in [-0.05, 0) is 35.4 Å². The van der Waals surface area contributed by atoms with Crippen molar-refractivity contribution in [3.63, 3.8) is 0 Å². The lowest BCUT2D eigenvalue weighted by Crippen LogP contribution is -2.11. The van der Waals surface area contributed by atoms with Crippen LogP contribution in [0.25, 0.3) is 0 Å². The van der Waals surface area contributed by atoms with Crippen molar-refractivity contribution in [1.29, 1.82) is 0 Å². The highest BCUT2D eigenvalue weighted by Gasteiger charge is 2.34. The summed E-state index contributed by atoms with van der Waals surface area (Å²) >= 11 is 0. The first kappa shape index (κ1) is 13.6. The number of nitrogens with one attached hydrogen (secondary N) is 1. The minimum atomic E-state index is -4.29. The van der Waals surface area contributed by atoms with Crippen molar-refractivity contribution in [2.24, 2.45) is 0 Å². The van der Waals surface area contributed by atoms with Gasteiger partial charge in [-0.25, -0.2) is 0 Å². The Morgan fingerprint density at radius 1 is 1.28 bits per heavy atom. The Kier molecular flexibility index (Phi) is 3.82. The van der Waals surface area contributed by atoms with Crippen LogP contribution in [0.2, 0.25) is 0 Å². The molecule has 1 aliphatic rings. The second-order valence-corrected chi connectivity index (χ2v) is 6.33. The predicted octanol–water partition coefficient (Wildman–Crippen LogP) is 4.17. The quantitative estimate of drug-likeness (QED) is 0.799. The number of benzene rings is 1. The molecule has 0 aliphatic carbocycles. The van der Waals surface area contributed by atoms with Gasteiger partial charge in [0, 0.05) is 11.4 Å². The summed E-state index contributed by atoms with van der Waals surface area (Å²) < 4.78 is 42.4. The summed E-state index contributed by atoms with van der Waals surface area (Å²) in [6.45, 7) is 4.56. The average molecular weight is 275 g/mol. The summed E-state index contributed by atoms with van der Waals surface area (Å²) in [7, 11) is -0.565. The van der Waals surface area contributed by atoms with Gasteiger partial charge >= 0.3 is 6.18 Å². The molecule has 2 rings (SSSR count). The van der Waals surface area contributed by atoms with Gasteiger partial charge in [-0.15, -0.1) is 0 Å². The van der Waals surface area contributed by atoms with Crippen LogP contribution in [-0.2, 0) is 6.18 Å². The van der Waals surface area contributed by atoms with Crippen LogP contribution in [0.1, 0.15) is 37.3 Å². The van der Waals surface area contributed by atoms with Crippen molar-refractivity contribution in [3.8, 4) is 0 Å². The number of halogens is 3. The van der Waals surface area contributed by atoms with Crippen LogP contribution >= 0.6 is 10.7 Å². The first-order valence-corrected chi connectivity index (χ1v) is 7.19. The maximum Gasteiger partial charge on any atom is 0.417 e. The van der Waals surface area contributed by atoms with Gasteiger partial charge in [0.2, 0.25) is 0 Å². The number of hydrogen-bond donors (Lipinski definition) is 1. The predicted molar refractivity (Wildman–Crippen MR) is 70.1 cm³/mol. The summed E-state index contributed by atoms with van der Waals surface area (Å²) in [6, 6.07) is 4.72. The standard InChI is InChI=1S/C13H16F3NS/c1-9(2)10-4-5-12(18-7-3-6-17-18)11(8-10)13(14,15)16/h4-5,7-9,17H,3,6H2,1-2H3.